The molecule has 0 saturated heterocycles. The first kappa shape index (κ1) is 16.2. The average molecular weight is 335 g/mol. The summed E-state index contributed by atoms with van der Waals surface area (Å²) in [6.45, 7) is 0.598. The summed E-state index contributed by atoms with van der Waals surface area (Å²) < 4.78 is 1.77. The summed E-state index contributed by atoms with van der Waals surface area (Å²) in [6.07, 6.45) is 6.57. The molecule has 0 amide bonds. The van der Waals surface area contributed by atoms with Crippen molar-refractivity contribution in [3.63, 3.8) is 0 Å². The third-order valence-electron chi connectivity index (χ3n) is 5.60. The molecular formula is C20H25N5. The number of hydrogen-bond acceptors (Lipinski definition) is 4. The molecule has 1 aromatic carbocycles. The van der Waals surface area contributed by atoms with E-state index in [9.17, 15) is 5.26 Å². The van der Waals surface area contributed by atoms with E-state index < -0.39 is 0 Å². The number of nitriles is 1. The lowest BCUT2D eigenvalue weighted by molar-refractivity contribution is 0.461. The molecule has 0 bridgehead atoms. The minimum Gasteiger partial charge on any atom is -0.383 e. The normalized spacial score (nSPS) is 20.7. The van der Waals surface area contributed by atoms with Crippen molar-refractivity contribution >= 4 is 5.82 Å². The predicted molar refractivity (Wildman–Crippen MR) is 97.9 cm³/mol. The average Bonchev–Trinajstić information content (AvgIpc) is 3.38. The van der Waals surface area contributed by atoms with Crippen LogP contribution in [-0.4, -0.2) is 15.8 Å². The molecule has 1 unspecified atom stereocenters. The molecule has 0 radical (unpaired) electrons. The number of fused-ring (bicyclic) bond motifs is 1. The van der Waals surface area contributed by atoms with Gasteiger partial charge in [0.25, 0.3) is 0 Å². The van der Waals surface area contributed by atoms with Crippen molar-refractivity contribution in [1.82, 2.24) is 9.78 Å². The van der Waals surface area contributed by atoms with Gasteiger partial charge in [-0.3, -0.25) is 0 Å². The van der Waals surface area contributed by atoms with Gasteiger partial charge in [0.15, 0.2) is 0 Å². The maximum Gasteiger partial charge on any atom is 0.140 e. The highest BCUT2D eigenvalue weighted by Crippen LogP contribution is 2.36. The lowest BCUT2D eigenvalue weighted by Crippen LogP contribution is -2.28. The van der Waals surface area contributed by atoms with E-state index in [4.69, 9.17) is 16.6 Å². The Morgan fingerprint density at radius 3 is 2.72 bits per heavy atom. The Bertz CT molecular complexity index is 812. The molecule has 5 nitrogen and oxygen atoms in total. The maximum absolute atomic E-state index is 9.61. The summed E-state index contributed by atoms with van der Waals surface area (Å²) in [7, 11) is 0. The molecular weight excluding hydrogens is 310 g/mol. The zero-order valence-electron chi connectivity index (χ0n) is 14.5. The first-order chi connectivity index (χ1) is 12.2. The van der Waals surface area contributed by atoms with Crippen LogP contribution >= 0.6 is 0 Å². The van der Waals surface area contributed by atoms with E-state index in [0.717, 1.165) is 37.3 Å². The zero-order valence-corrected chi connectivity index (χ0v) is 14.5. The van der Waals surface area contributed by atoms with Crippen LogP contribution in [-0.2, 0) is 19.4 Å². The molecule has 1 heterocycles. The standard InChI is InChI=1S/C20H25N5/c21-11-18-19(16-8-7-14-3-1-2-4-15(14)10-16)24-25(20(18)23)12-17(22)9-13-5-6-13/h1-4,13,16-17H,5-10,12,22-23H2/t16?,17-/m1/s1. The SMILES string of the molecule is N#Cc1c(C2CCc3ccccc3C2)nn(C[C@H](N)CC2CC2)c1N. The molecule has 1 fully saturated rings. The fourth-order valence-corrected chi connectivity index (χ4v) is 4.04. The maximum atomic E-state index is 9.61. The van der Waals surface area contributed by atoms with Gasteiger partial charge in [-0.25, -0.2) is 4.68 Å². The molecule has 4 rings (SSSR count). The fraction of sp³-hybridized carbons (Fsp3) is 0.500. The second kappa shape index (κ2) is 6.53. The Morgan fingerprint density at radius 2 is 2.00 bits per heavy atom. The van der Waals surface area contributed by atoms with E-state index in [0.29, 0.717) is 17.9 Å². The second-order valence-corrected chi connectivity index (χ2v) is 7.59. The number of nitrogens with two attached hydrogens (primary N) is 2. The van der Waals surface area contributed by atoms with E-state index in [1.807, 2.05) is 0 Å². The molecule has 1 aromatic heterocycles. The monoisotopic (exact) mass is 335 g/mol. The first-order valence-electron chi connectivity index (χ1n) is 9.24. The molecule has 4 N–H and O–H groups in total. The largest absolute Gasteiger partial charge is 0.383 e. The lowest BCUT2D eigenvalue weighted by atomic mass is 9.81. The van der Waals surface area contributed by atoms with Gasteiger partial charge in [-0.2, -0.15) is 10.4 Å². The third kappa shape index (κ3) is 3.27. The number of anilines is 1. The Labute approximate surface area is 148 Å². The van der Waals surface area contributed by atoms with Gasteiger partial charge in [0, 0.05) is 12.0 Å². The Balaban J connectivity index is 1.57. The summed E-state index contributed by atoms with van der Waals surface area (Å²) in [5.41, 5.74) is 16.7. The summed E-state index contributed by atoms with van der Waals surface area (Å²) in [5.74, 6) is 1.51. The summed E-state index contributed by atoms with van der Waals surface area (Å²) in [5, 5.41) is 14.3. The molecule has 1 saturated carbocycles. The van der Waals surface area contributed by atoms with Gasteiger partial charge in [0.2, 0.25) is 0 Å². The van der Waals surface area contributed by atoms with Gasteiger partial charge in [-0.15, -0.1) is 0 Å². The number of aromatic nitrogens is 2. The minimum absolute atomic E-state index is 0.0566. The van der Waals surface area contributed by atoms with Gasteiger partial charge in [-0.05, 0) is 42.7 Å². The third-order valence-corrected chi connectivity index (χ3v) is 5.60. The summed E-state index contributed by atoms with van der Waals surface area (Å²) in [4.78, 5) is 0. The van der Waals surface area contributed by atoms with E-state index in [1.54, 1.807) is 4.68 Å². The van der Waals surface area contributed by atoms with Gasteiger partial charge >= 0.3 is 0 Å². The smallest absolute Gasteiger partial charge is 0.140 e. The van der Waals surface area contributed by atoms with E-state index in [2.05, 4.69) is 30.3 Å². The topological polar surface area (TPSA) is 93.6 Å². The van der Waals surface area contributed by atoms with Crippen LogP contribution in [0.5, 0.6) is 0 Å². The molecule has 0 spiro atoms. The molecule has 25 heavy (non-hydrogen) atoms. The molecule has 0 aliphatic heterocycles. The minimum atomic E-state index is 0.0566. The van der Waals surface area contributed by atoms with Gasteiger partial charge < -0.3 is 11.5 Å². The van der Waals surface area contributed by atoms with Crippen molar-refractivity contribution in [1.29, 1.82) is 5.26 Å². The number of benzene rings is 1. The molecule has 2 aliphatic rings. The van der Waals surface area contributed by atoms with Crippen LogP contribution < -0.4 is 11.5 Å². The molecule has 130 valence electrons. The lowest BCUT2D eigenvalue weighted by Gasteiger charge is -2.23. The van der Waals surface area contributed by atoms with E-state index in [-0.39, 0.29) is 12.0 Å². The van der Waals surface area contributed by atoms with Gasteiger partial charge in [-0.1, -0.05) is 37.1 Å². The van der Waals surface area contributed by atoms with Crippen LogP contribution in [0.25, 0.3) is 0 Å². The number of aryl methyl sites for hydroxylation is 1. The predicted octanol–water partition coefficient (Wildman–Crippen LogP) is 2.74. The van der Waals surface area contributed by atoms with Gasteiger partial charge in [0.05, 0.1) is 12.2 Å². The summed E-state index contributed by atoms with van der Waals surface area (Å²) >= 11 is 0. The van der Waals surface area contributed by atoms with Crippen LogP contribution in [0.4, 0.5) is 5.82 Å². The summed E-state index contributed by atoms with van der Waals surface area (Å²) in [6, 6.07) is 10.9. The van der Waals surface area contributed by atoms with Crippen molar-refractivity contribution in [3.05, 3.63) is 46.6 Å². The first-order valence-corrected chi connectivity index (χ1v) is 9.24. The van der Waals surface area contributed by atoms with Crippen LogP contribution in [0.3, 0.4) is 0 Å². The van der Waals surface area contributed by atoms with Crippen LogP contribution in [0.15, 0.2) is 24.3 Å². The van der Waals surface area contributed by atoms with Crippen LogP contribution in [0.2, 0.25) is 0 Å². The zero-order chi connectivity index (χ0) is 17.4. The highest BCUT2D eigenvalue weighted by Gasteiger charge is 2.28. The van der Waals surface area contributed by atoms with Gasteiger partial charge in [0.1, 0.15) is 17.5 Å². The van der Waals surface area contributed by atoms with Crippen LogP contribution in [0, 0.1) is 17.2 Å². The van der Waals surface area contributed by atoms with Crippen molar-refractivity contribution in [2.75, 3.05) is 5.73 Å². The second-order valence-electron chi connectivity index (χ2n) is 7.59. The van der Waals surface area contributed by atoms with E-state index >= 15 is 0 Å². The van der Waals surface area contributed by atoms with Crippen LogP contribution in [0.1, 0.15) is 54.0 Å². The number of rotatable bonds is 5. The Hall–Kier alpha value is -2.32. The molecule has 2 aliphatic carbocycles. The highest BCUT2D eigenvalue weighted by molar-refractivity contribution is 5.53. The quantitative estimate of drug-likeness (QED) is 0.878. The number of nitrogen functional groups attached to an aromatic ring is 1. The Morgan fingerprint density at radius 1 is 1.24 bits per heavy atom. The van der Waals surface area contributed by atoms with Crippen molar-refractivity contribution in [2.45, 2.75) is 57.0 Å². The molecule has 5 heteroatoms. The molecule has 2 atom stereocenters. The Kier molecular flexibility index (Phi) is 4.22. The van der Waals surface area contributed by atoms with Crippen molar-refractivity contribution in [3.8, 4) is 6.07 Å². The molecule has 2 aromatic rings. The van der Waals surface area contributed by atoms with Crippen molar-refractivity contribution in [2.24, 2.45) is 11.7 Å². The number of nitrogens with zero attached hydrogens (tertiary/aromatic N) is 3. The highest BCUT2D eigenvalue weighted by atomic mass is 15.3. The van der Waals surface area contributed by atoms with E-state index in [1.165, 1.54) is 24.0 Å². The number of hydrogen-bond donors (Lipinski definition) is 2. The van der Waals surface area contributed by atoms with Crippen molar-refractivity contribution < 1.29 is 0 Å². The fourth-order valence-electron chi connectivity index (χ4n) is 4.04.